The summed E-state index contributed by atoms with van der Waals surface area (Å²) >= 11 is 0. The molecule has 2 fully saturated rings. The number of hydrogen-bond donors (Lipinski definition) is 2. The molecule has 2 aromatic carbocycles. The molecule has 2 unspecified atom stereocenters. The molecule has 4 heterocycles. The van der Waals surface area contributed by atoms with Crippen molar-refractivity contribution in [2.45, 2.75) is 51.6 Å². The van der Waals surface area contributed by atoms with Crippen LogP contribution < -0.4 is 16.4 Å². The number of pyridine rings is 2. The van der Waals surface area contributed by atoms with Crippen LogP contribution in [0.4, 0.5) is 15.9 Å². The Morgan fingerprint density at radius 3 is 2.51 bits per heavy atom. The minimum Gasteiger partial charge on any atom is -0.391 e. The topological polar surface area (TPSA) is 122 Å². The third-order valence-corrected chi connectivity index (χ3v) is 9.66. The summed E-state index contributed by atoms with van der Waals surface area (Å²) in [5.74, 6) is -0.0986. The van der Waals surface area contributed by atoms with Crippen molar-refractivity contribution >= 4 is 28.2 Å². The standard InChI is InChI=1S/C39H39FN6O4.U/c1-22-28(7-6-8-32(22)46-38(50)35-25(20-42-46)16-26(17-30(35)40)39(2,3)4)29-18-31(37(49)44(5)33(29)15-23-9-10-23)43-34-12-11-24(19-41-34)36(48)45-14-13-27(47)21-45;/h6-9,11-12,16-20,23,27,47H,1,10,13-15,21H2,2-5H3,(H,41,43);/q-2;+2. The number of carbonyl (C=O) groups excluding carboxylic acids is 1. The Hall–Kier alpha value is -4.24. The molecule has 0 bridgehead atoms. The number of aliphatic hydroxyl groups is 1. The molecule has 10 nitrogen and oxygen atoms in total. The van der Waals surface area contributed by atoms with Gasteiger partial charge in [-0.25, -0.2) is 15.8 Å². The number of fused-ring (bicyclic) bond motifs is 1. The van der Waals surface area contributed by atoms with Gasteiger partial charge in [-0.05, 0) is 59.8 Å². The Balaban J connectivity index is 0.00000448. The maximum Gasteiger partial charge on any atom is 2.00 e. The fraction of sp³-hybridized carbons (Fsp3) is 0.308. The smallest absolute Gasteiger partial charge is 0.391 e. The van der Waals surface area contributed by atoms with Gasteiger partial charge in [-0.15, -0.1) is 11.6 Å². The van der Waals surface area contributed by atoms with Gasteiger partial charge in [-0.1, -0.05) is 38.5 Å². The molecule has 0 spiro atoms. The molecule has 1 saturated heterocycles. The molecule has 5 aromatic rings. The predicted octanol–water partition coefficient (Wildman–Crippen LogP) is 5.48. The minimum absolute atomic E-state index is 0. The van der Waals surface area contributed by atoms with Crippen molar-refractivity contribution in [3.63, 3.8) is 0 Å². The van der Waals surface area contributed by atoms with Gasteiger partial charge < -0.3 is 26.3 Å². The number of halogens is 1. The molecular weight excluding hydrogens is 873 g/mol. The van der Waals surface area contributed by atoms with E-state index in [0.717, 1.165) is 23.2 Å². The summed E-state index contributed by atoms with van der Waals surface area (Å²) in [7, 11) is 1.73. The quantitative estimate of drug-likeness (QED) is 0.208. The third-order valence-electron chi connectivity index (χ3n) is 9.66. The van der Waals surface area contributed by atoms with Gasteiger partial charge in [0.05, 0.1) is 23.3 Å². The molecule has 51 heavy (non-hydrogen) atoms. The van der Waals surface area contributed by atoms with Crippen molar-refractivity contribution in [2.24, 2.45) is 13.0 Å². The number of anilines is 2. The van der Waals surface area contributed by atoms with Gasteiger partial charge in [-0.2, -0.15) is 23.5 Å². The second-order valence-electron chi connectivity index (χ2n) is 14.3. The number of carbonyl (C=O) groups is 1. The Morgan fingerprint density at radius 1 is 1.10 bits per heavy atom. The summed E-state index contributed by atoms with van der Waals surface area (Å²) in [5.41, 5.74) is 3.40. The van der Waals surface area contributed by atoms with E-state index >= 15 is 4.39 Å². The average molecular weight is 913 g/mol. The van der Waals surface area contributed by atoms with Gasteiger partial charge in [0.1, 0.15) is 17.3 Å². The van der Waals surface area contributed by atoms with Crippen LogP contribution in [0.1, 0.15) is 60.8 Å². The maximum absolute atomic E-state index is 15.5. The number of aromatic nitrogens is 4. The molecule has 2 atom stereocenters. The molecule has 1 saturated carbocycles. The number of likely N-dealkylation sites (tertiary alicyclic amines) is 1. The van der Waals surface area contributed by atoms with Crippen molar-refractivity contribution in [3.05, 3.63) is 123 Å². The summed E-state index contributed by atoms with van der Waals surface area (Å²) < 4.78 is 18.3. The molecular formula is C39H39FN6O4U. The van der Waals surface area contributed by atoms with Crippen LogP contribution in [0.5, 0.6) is 0 Å². The van der Waals surface area contributed by atoms with Crippen LogP contribution in [0.2, 0.25) is 0 Å². The van der Waals surface area contributed by atoms with E-state index in [1.54, 1.807) is 52.9 Å². The predicted molar refractivity (Wildman–Crippen MR) is 191 cm³/mol. The Kier molecular flexibility index (Phi) is 10.1. The summed E-state index contributed by atoms with van der Waals surface area (Å²) in [4.78, 5) is 46.3. The summed E-state index contributed by atoms with van der Waals surface area (Å²) in [6.07, 6.45) is 6.77. The second-order valence-corrected chi connectivity index (χ2v) is 14.3. The first-order valence-corrected chi connectivity index (χ1v) is 16.7. The van der Waals surface area contributed by atoms with Gasteiger partial charge in [0.25, 0.3) is 17.0 Å². The maximum atomic E-state index is 15.5. The molecule has 1 aliphatic heterocycles. The number of amides is 1. The summed E-state index contributed by atoms with van der Waals surface area (Å²) in [6.45, 7) is 11.1. The first kappa shape index (κ1) is 36.5. The SMILES string of the molecule is [CH2-]c1c(-c2cc(Nc3ccc(C(=O)N4CCC(O)C4)cn3)c(=O)n(C)c2CC2[CH-]C2)cccc1-n1ncc2cc(C(C)(C)C)cc(F)c2c1=O.[U+2]. The zero-order chi connectivity index (χ0) is 35.5. The molecule has 7 rings (SSSR count). The molecule has 260 valence electrons. The van der Waals surface area contributed by atoms with E-state index in [-0.39, 0.29) is 59.1 Å². The molecule has 3 aromatic heterocycles. The van der Waals surface area contributed by atoms with Crippen molar-refractivity contribution in [1.82, 2.24) is 24.2 Å². The molecule has 2 aliphatic rings. The minimum atomic E-state index is -0.604. The van der Waals surface area contributed by atoms with Crippen molar-refractivity contribution in [1.29, 1.82) is 0 Å². The van der Waals surface area contributed by atoms with Gasteiger partial charge in [0, 0.05) is 37.4 Å². The monoisotopic (exact) mass is 912 g/mol. The second kappa shape index (κ2) is 14.1. The Labute approximate surface area is 319 Å². The van der Waals surface area contributed by atoms with Crippen LogP contribution >= 0.6 is 0 Å². The molecule has 12 heteroatoms. The average Bonchev–Trinajstić information content (AvgIpc) is 3.80. The van der Waals surface area contributed by atoms with Crippen LogP contribution in [0.25, 0.3) is 27.6 Å². The van der Waals surface area contributed by atoms with E-state index in [4.69, 9.17) is 0 Å². The number of β-amino-alcohol motifs (C(OH)–C–C–N with tert-alkyl or cyclic N) is 1. The number of nitrogens with one attached hydrogen (secondary N) is 1. The fourth-order valence-corrected chi connectivity index (χ4v) is 6.56. The molecule has 0 radical (unpaired) electrons. The van der Waals surface area contributed by atoms with Crippen LogP contribution in [-0.2, 0) is 18.9 Å². The van der Waals surface area contributed by atoms with Gasteiger partial charge >= 0.3 is 31.1 Å². The zero-order valence-electron chi connectivity index (χ0n) is 29.0. The van der Waals surface area contributed by atoms with Crippen LogP contribution in [0.15, 0.2) is 70.5 Å². The van der Waals surface area contributed by atoms with Crippen LogP contribution in [-0.4, -0.2) is 54.4 Å². The van der Waals surface area contributed by atoms with Crippen molar-refractivity contribution < 1.29 is 45.4 Å². The number of hydrogen-bond acceptors (Lipinski definition) is 7. The fourth-order valence-electron chi connectivity index (χ4n) is 6.56. The number of aliphatic hydroxyl groups excluding tert-OH is 1. The number of benzene rings is 2. The first-order valence-electron chi connectivity index (χ1n) is 16.7. The Bertz CT molecular complexity index is 2270. The normalized spacial score (nSPS) is 17.0. The summed E-state index contributed by atoms with van der Waals surface area (Å²) in [5, 5.41) is 17.8. The van der Waals surface area contributed by atoms with E-state index < -0.39 is 17.5 Å². The van der Waals surface area contributed by atoms with Crippen molar-refractivity contribution in [3.8, 4) is 16.8 Å². The zero-order valence-corrected chi connectivity index (χ0v) is 33.2. The van der Waals surface area contributed by atoms with Crippen LogP contribution in [0.3, 0.4) is 0 Å². The van der Waals surface area contributed by atoms with Crippen LogP contribution in [0, 0.1) is 56.2 Å². The van der Waals surface area contributed by atoms with Crippen molar-refractivity contribution in [2.75, 3.05) is 18.4 Å². The van der Waals surface area contributed by atoms with E-state index in [1.165, 1.54) is 23.1 Å². The van der Waals surface area contributed by atoms with Gasteiger partial charge in [0.15, 0.2) is 0 Å². The van der Waals surface area contributed by atoms with E-state index in [9.17, 15) is 19.5 Å². The van der Waals surface area contributed by atoms with E-state index in [0.29, 0.717) is 65.4 Å². The molecule has 2 N–H and O–H groups in total. The third kappa shape index (κ3) is 7.14. The summed E-state index contributed by atoms with van der Waals surface area (Å²) in [6, 6.07) is 13.7. The molecule has 1 amide bonds. The first-order chi connectivity index (χ1) is 23.8. The van der Waals surface area contributed by atoms with E-state index in [1.807, 2.05) is 26.8 Å². The van der Waals surface area contributed by atoms with Gasteiger partial charge in [-0.3, -0.25) is 19.1 Å². The van der Waals surface area contributed by atoms with E-state index in [2.05, 4.69) is 28.7 Å². The largest absolute Gasteiger partial charge is 2.00 e. The number of nitrogens with zero attached hydrogens (tertiary/aromatic N) is 5. The number of rotatable bonds is 7. The molecule has 1 aliphatic carbocycles. The van der Waals surface area contributed by atoms with Gasteiger partial charge in [0.2, 0.25) is 0 Å². The Morgan fingerprint density at radius 2 is 1.86 bits per heavy atom.